The first-order valence-corrected chi connectivity index (χ1v) is 4.85. The summed E-state index contributed by atoms with van der Waals surface area (Å²) in [7, 11) is 2.00. The molecule has 0 aliphatic rings. The Morgan fingerprint density at radius 2 is 2.00 bits per heavy atom. The van der Waals surface area contributed by atoms with Gasteiger partial charge in [-0.15, -0.1) is 0 Å². The minimum absolute atomic E-state index is 0.214. The summed E-state index contributed by atoms with van der Waals surface area (Å²) in [5.74, 6) is -0.887. The second-order valence-corrected chi connectivity index (χ2v) is 4.72. The highest BCUT2D eigenvalue weighted by atomic mass is 16.4. The Morgan fingerprint density at radius 3 is 2.36 bits per heavy atom. The molecule has 0 saturated heterocycles. The zero-order valence-electron chi connectivity index (χ0n) is 9.74. The third kappa shape index (κ3) is 5.02. The third-order valence-corrected chi connectivity index (χ3v) is 2.57. The van der Waals surface area contributed by atoms with Crippen molar-refractivity contribution >= 4 is 5.97 Å². The first-order chi connectivity index (χ1) is 6.25. The van der Waals surface area contributed by atoms with E-state index in [1.165, 1.54) is 6.08 Å². The Kier molecular flexibility index (Phi) is 4.85. The number of nitrogens with zero attached hydrogens (tertiary/aromatic N) is 1. The minimum Gasteiger partial charge on any atom is -0.478 e. The predicted molar refractivity (Wildman–Crippen MR) is 58.3 cm³/mol. The molecule has 0 aromatic heterocycles. The predicted octanol–water partition coefficient (Wildman–Crippen LogP) is 1.99. The molecule has 1 atom stereocenters. The molecule has 0 spiro atoms. The quantitative estimate of drug-likeness (QED) is 0.704. The van der Waals surface area contributed by atoms with Crippen LogP contribution in [0.15, 0.2) is 12.2 Å². The monoisotopic (exact) mass is 199 g/mol. The number of carbonyl (C=O) groups is 1. The highest BCUT2D eigenvalue weighted by molar-refractivity contribution is 5.79. The summed E-state index contributed by atoms with van der Waals surface area (Å²) in [4.78, 5) is 12.4. The van der Waals surface area contributed by atoms with E-state index in [-0.39, 0.29) is 5.41 Å². The van der Waals surface area contributed by atoms with E-state index in [0.717, 1.165) is 0 Å². The molecule has 3 nitrogen and oxygen atoms in total. The molecule has 3 heteroatoms. The van der Waals surface area contributed by atoms with Gasteiger partial charge in [-0.2, -0.15) is 0 Å². The summed E-state index contributed by atoms with van der Waals surface area (Å²) in [6, 6.07) is 0.418. The summed E-state index contributed by atoms with van der Waals surface area (Å²) in [6.45, 7) is 9.35. The Morgan fingerprint density at radius 1 is 1.50 bits per heavy atom. The number of rotatable bonds is 4. The van der Waals surface area contributed by atoms with Crippen molar-refractivity contribution in [2.75, 3.05) is 13.6 Å². The van der Waals surface area contributed by atoms with Gasteiger partial charge in [0.25, 0.3) is 0 Å². The van der Waals surface area contributed by atoms with Gasteiger partial charge in [-0.3, -0.25) is 4.90 Å². The topological polar surface area (TPSA) is 40.5 Å². The smallest absolute Gasteiger partial charge is 0.328 e. The van der Waals surface area contributed by atoms with Crippen LogP contribution in [-0.2, 0) is 4.79 Å². The summed E-state index contributed by atoms with van der Waals surface area (Å²) < 4.78 is 0. The molecule has 0 rings (SSSR count). The number of aliphatic carboxylic acids is 1. The summed E-state index contributed by atoms with van der Waals surface area (Å²) >= 11 is 0. The van der Waals surface area contributed by atoms with Crippen LogP contribution in [0.1, 0.15) is 27.7 Å². The average Bonchev–Trinajstić information content (AvgIpc) is 2.00. The van der Waals surface area contributed by atoms with Gasteiger partial charge in [0.05, 0.1) is 0 Å². The molecular weight excluding hydrogens is 178 g/mol. The van der Waals surface area contributed by atoms with Gasteiger partial charge in [0.1, 0.15) is 0 Å². The van der Waals surface area contributed by atoms with Gasteiger partial charge in [0.15, 0.2) is 0 Å². The van der Waals surface area contributed by atoms with Crippen LogP contribution in [0.5, 0.6) is 0 Å². The van der Waals surface area contributed by atoms with Crippen molar-refractivity contribution in [2.45, 2.75) is 33.7 Å². The van der Waals surface area contributed by atoms with E-state index in [2.05, 4.69) is 32.6 Å². The molecule has 0 radical (unpaired) electrons. The van der Waals surface area contributed by atoms with Crippen LogP contribution >= 0.6 is 0 Å². The Labute approximate surface area is 86.4 Å². The molecule has 0 bridgehead atoms. The lowest BCUT2D eigenvalue weighted by Gasteiger charge is -2.34. The van der Waals surface area contributed by atoms with E-state index in [1.807, 2.05) is 7.05 Å². The second-order valence-electron chi connectivity index (χ2n) is 4.72. The number of hydrogen-bond acceptors (Lipinski definition) is 2. The number of hydrogen-bond donors (Lipinski definition) is 1. The average molecular weight is 199 g/mol. The molecular formula is C11H21NO2. The van der Waals surface area contributed by atoms with Crippen molar-refractivity contribution in [1.29, 1.82) is 0 Å². The van der Waals surface area contributed by atoms with Crippen LogP contribution in [0, 0.1) is 5.41 Å². The van der Waals surface area contributed by atoms with E-state index >= 15 is 0 Å². The van der Waals surface area contributed by atoms with Crippen LogP contribution in [0.2, 0.25) is 0 Å². The van der Waals surface area contributed by atoms with Crippen LogP contribution in [0.3, 0.4) is 0 Å². The molecule has 0 fully saturated rings. The lowest BCUT2D eigenvalue weighted by Crippen LogP contribution is -2.39. The summed E-state index contributed by atoms with van der Waals surface area (Å²) in [5, 5.41) is 8.42. The largest absolute Gasteiger partial charge is 0.478 e. The van der Waals surface area contributed by atoms with Gasteiger partial charge in [-0.25, -0.2) is 4.79 Å². The fraction of sp³-hybridized carbons (Fsp3) is 0.727. The van der Waals surface area contributed by atoms with Gasteiger partial charge in [0, 0.05) is 18.7 Å². The third-order valence-electron chi connectivity index (χ3n) is 2.57. The first-order valence-electron chi connectivity index (χ1n) is 4.85. The SMILES string of the molecule is CC(N(C)CC=CC(=O)O)C(C)(C)C. The molecule has 0 aliphatic carbocycles. The standard InChI is InChI=1S/C11H21NO2/c1-9(11(2,3)4)12(5)8-6-7-10(13)14/h6-7,9H,8H2,1-5H3,(H,13,14). The second kappa shape index (κ2) is 5.15. The molecule has 1 N–H and O–H groups in total. The highest BCUT2D eigenvalue weighted by Gasteiger charge is 2.22. The van der Waals surface area contributed by atoms with E-state index < -0.39 is 5.97 Å². The van der Waals surface area contributed by atoms with E-state index in [1.54, 1.807) is 6.08 Å². The number of carboxylic acids is 1. The number of carboxylic acid groups (broad SMARTS) is 1. The lowest BCUT2D eigenvalue weighted by molar-refractivity contribution is -0.131. The zero-order valence-corrected chi connectivity index (χ0v) is 9.74. The van der Waals surface area contributed by atoms with Crippen molar-refractivity contribution in [3.05, 3.63) is 12.2 Å². The molecule has 0 aliphatic heterocycles. The Balaban J connectivity index is 4.09. The Hall–Kier alpha value is -0.830. The first kappa shape index (κ1) is 13.2. The van der Waals surface area contributed by atoms with Crippen LogP contribution < -0.4 is 0 Å². The fourth-order valence-corrected chi connectivity index (χ4v) is 1.14. The van der Waals surface area contributed by atoms with Crippen molar-refractivity contribution < 1.29 is 9.90 Å². The fourth-order valence-electron chi connectivity index (χ4n) is 1.14. The van der Waals surface area contributed by atoms with Crippen LogP contribution in [0.4, 0.5) is 0 Å². The molecule has 0 heterocycles. The van der Waals surface area contributed by atoms with Crippen molar-refractivity contribution in [3.63, 3.8) is 0 Å². The van der Waals surface area contributed by atoms with Gasteiger partial charge in [-0.1, -0.05) is 26.8 Å². The van der Waals surface area contributed by atoms with E-state index in [4.69, 9.17) is 5.11 Å². The molecule has 14 heavy (non-hydrogen) atoms. The lowest BCUT2D eigenvalue weighted by atomic mass is 9.87. The van der Waals surface area contributed by atoms with Crippen LogP contribution in [-0.4, -0.2) is 35.6 Å². The van der Waals surface area contributed by atoms with Gasteiger partial charge in [0.2, 0.25) is 0 Å². The minimum atomic E-state index is -0.887. The van der Waals surface area contributed by atoms with Crippen molar-refractivity contribution in [3.8, 4) is 0 Å². The normalized spacial score (nSPS) is 15.0. The number of likely N-dealkylation sites (N-methyl/N-ethyl adjacent to an activating group) is 1. The highest BCUT2D eigenvalue weighted by Crippen LogP contribution is 2.22. The van der Waals surface area contributed by atoms with Crippen molar-refractivity contribution in [2.24, 2.45) is 5.41 Å². The molecule has 0 amide bonds. The molecule has 0 aromatic rings. The molecule has 0 saturated carbocycles. The van der Waals surface area contributed by atoms with Crippen molar-refractivity contribution in [1.82, 2.24) is 4.90 Å². The van der Waals surface area contributed by atoms with E-state index in [0.29, 0.717) is 12.6 Å². The molecule has 1 unspecified atom stereocenters. The van der Waals surface area contributed by atoms with Gasteiger partial charge in [-0.05, 0) is 19.4 Å². The maximum absolute atomic E-state index is 10.2. The molecule has 82 valence electrons. The zero-order chi connectivity index (χ0) is 11.4. The molecule has 0 aromatic carbocycles. The van der Waals surface area contributed by atoms with E-state index in [9.17, 15) is 4.79 Å². The maximum Gasteiger partial charge on any atom is 0.328 e. The maximum atomic E-state index is 10.2. The van der Waals surface area contributed by atoms with Gasteiger partial charge >= 0.3 is 5.97 Å². The van der Waals surface area contributed by atoms with Gasteiger partial charge < -0.3 is 5.11 Å². The Bertz CT molecular complexity index is 216. The van der Waals surface area contributed by atoms with Crippen LogP contribution in [0.25, 0.3) is 0 Å². The summed E-state index contributed by atoms with van der Waals surface area (Å²) in [5.41, 5.74) is 0.214. The summed E-state index contributed by atoms with van der Waals surface area (Å²) in [6.07, 6.45) is 2.86.